The second-order valence-corrected chi connectivity index (χ2v) is 4.42. The Labute approximate surface area is 91.1 Å². The zero-order valence-electron chi connectivity index (χ0n) is 7.62. The number of thiophene rings is 1. The van der Waals surface area contributed by atoms with Crippen molar-refractivity contribution in [3.05, 3.63) is 39.3 Å². The van der Waals surface area contributed by atoms with E-state index in [-0.39, 0.29) is 6.04 Å². The molecule has 2 N–H and O–H groups in total. The lowest BCUT2D eigenvalue weighted by Gasteiger charge is -2.13. The highest BCUT2D eigenvalue weighted by atomic mass is 35.5. The molecule has 0 aliphatic heterocycles. The molecule has 0 aliphatic carbocycles. The third kappa shape index (κ3) is 1.68. The number of aromatic amines is 1. The summed E-state index contributed by atoms with van der Waals surface area (Å²) < 4.78 is 0.825. The van der Waals surface area contributed by atoms with Crippen LogP contribution < -0.4 is 5.32 Å². The topological polar surface area (TPSA) is 40.7 Å². The van der Waals surface area contributed by atoms with Gasteiger partial charge in [0.2, 0.25) is 0 Å². The van der Waals surface area contributed by atoms with Crippen molar-refractivity contribution in [1.82, 2.24) is 15.5 Å². The van der Waals surface area contributed by atoms with E-state index >= 15 is 0 Å². The molecule has 0 radical (unpaired) electrons. The molecular formula is C9H10ClN3S. The Kier molecular flexibility index (Phi) is 2.86. The number of nitrogens with one attached hydrogen (secondary N) is 2. The molecule has 0 spiro atoms. The van der Waals surface area contributed by atoms with E-state index in [2.05, 4.69) is 15.5 Å². The van der Waals surface area contributed by atoms with Crippen LogP contribution in [0.1, 0.15) is 17.2 Å². The summed E-state index contributed by atoms with van der Waals surface area (Å²) in [7, 11) is 1.91. The van der Waals surface area contributed by atoms with Crippen LogP contribution in [0.2, 0.25) is 4.34 Å². The normalized spacial score (nSPS) is 13.0. The number of halogens is 1. The fourth-order valence-corrected chi connectivity index (χ4v) is 2.41. The highest BCUT2D eigenvalue weighted by molar-refractivity contribution is 7.14. The molecule has 2 aromatic rings. The standard InChI is InChI=1S/C9H10ClN3S/c1-11-8(6-4-12-13-5-6)7-2-3-14-9(7)10/h2-5,8,11H,1H3,(H,12,13). The van der Waals surface area contributed by atoms with Crippen molar-refractivity contribution >= 4 is 22.9 Å². The van der Waals surface area contributed by atoms with E-state index in [4.69, 9.17) is 11.6 Å². The molecule has 0 aliphatic rings. The molecule has 0 amide bonds. The van der Waals surface area contributed by atoms with Gasteiger partial charge in [-0.1, -0.05) is 11.6 Å². The summed E-state index contributed by atoms with van der Waals surface area (Å²) in [6.45, 7) is 0. The summed E-state index contributed by atoms with van der Waals surface area (Å²) in [6.07, 6.45) is 3.67. The molecule has 3 nitrogen and oxygen atoms in total. The van der Waals surface area contributed by atoms with Gasteiger partial charge in [-0.25, -0.2) is 0 Å². The van der Waals surface area contributed by atoms with Gasteiger partial charge in [-0.3, -0.25) is 5.10 Å². The third-order valence-electron chi connectivity index (χ3n) is 2.10. The van der Waals surface area contributed by atoms with E-state index in [1.165, 1.54) is 0 Å². The minimum absolute atomic E-state index is 0.118. The lowest BCUT2D eigenvalue weighted by Crippen LogP contribution is -2.16. The van der Waals surface area contributed by atoms with Crippen LogP contribution >= 0.6 is 22.9 Å². The predicted octanol–water partition coefficient (Wildman–Crippen LogP) is 2.43. The van der Waals surface area contributed by atoms with E-state index in [0.29, 0.717) is 0 Å². The van der Waals surface area contributed by atoms with Crippen LogP contribution in [0, 0.1) is 0 Å². The van der Waals surface area contributed by atoms with Gasteiger partial charge in [0, 0.05) is 17.3 Å². The monoisotopic (exact) mass is 227 g/mol. The first-order chi connectivity index (χ1) is 6.83. The Morgan fingerprint density at radius 2 is 2.50 bits per heavy atom. The molecular weight excluding hydrogens is 218 g/mol. The summed E-state index contributed by atoms with van der Waals surface area (Å²) in [4.78, 5) is 0. The first-order valence-electron chi connectivity index (χ1n) is 4.21. The fraction of sp³-hybridized carbons (Fsp3) is 0.222. The molecule has 2 heterocycles. The second-order valence-electron chi connectivity index (χ2n) is 2.90. The van der Waals surface area contributed by atoms with E-state index in [0.717, 1.165) is 15.5 Å². The maximum Gasteiger partial charge on any atom is 0.0979 e. The number of aromatic nitrogens is 2. The van der Waals surface area contributed by atoms with Crippen molar-refractivity contribution in [3.8, 4) is 0 Å². The predicted molar refractivity (Wildman–Crippen MR) is 58.8 cm³/mol. The molecule has 0 bridgehead atoms. The Morgan fingerprint density at radius 3 is 3.00 bits per heavy atom. The molecule has 74 valence electrons. The summed E-state index contributed by atoms with van der Waals surface area (Å²) in [5.74, 6) is 0. The lowest BCUT2D eigenvalue weighted by molar-refractivity contribution is 0.695. The zero-order valence-corrected chi connectivity index (χ0v) is 9.19. The number of H-pyrrole nitrogens is 1. The van der Waals surface area contributed by atoms with Gasteiger partial charge >= 0.3 is 0 Å². The summed E-state index contributed by atoms with van der Waals surface area (Å²) in [5.41, 5.74) is 2.19. The minimum atomic E-state index is 0.118. The zero-order chi connectivity index (χ0) is 9.97. The fourth-order valence-electron chi connectivity index (χ4n) is 1.43. The molecule has 1 unspecified atom stereocenters. The van der Waals surface area contributed by atoms with Gasteiger partial charge in [-0.05, 0) is 18.5 Å². The minimum Gasteiger partial charge on any atom is -0.309 e. The largest absolute Gasteiger partial charge is 0.309 e. The first kappa shape index (κ1) is 9.71. The van der Waals surface area contributed by atoms with Crippen molar-refractivity contribution in [3.63, 3.8) is 0 Å². The highest BCUT2D eigenvalue weighted by Gasteiger charge is 2.16. The Balaban J connectivity index is 2.36. The van der Waals surface area contributed by atoms with Crippen LogP contribution in [0.4, 0.5) is 0 Å². The van der Waals surface area contributed by atoms with E-state index in [1.54, 1.807) is 17.5 Å². The number of hydrogen-bond acceptors (Lipinski definition) is 3. The Bertz CT molecular complexity index is 396. The first-order valence-corrected chi connectivity index (χ1v) is 5.47. The van der Waals surface area contributed by atoms with Gasteiger partial charge < -0.3 is 5.32 Å². The van der Waals surface area contributed by atoms with Gasteiger partial charge in [0.1, 0.15) is 0 Å². The van der Waals surface area contributed by atoms with E-state index in [1.807, 2.05) is 24.7 Å². The molecule has 2 rings (SSSR count). The van der Waals surface area contributed by atoms with Crippen molar-refractivity contribution in [2.24, 2.45) is 0 Å². The molecule has 14 heavy (non-hydrogen) atoms. The maximum atomic E-state index is 6.08. The molecule has 0 saturated carbocycles. The van der Waals surface area contributed by atoms with Gasteiger partial charge in [-0.15, -0.1) is 11.3 Å². The Morgan fingerprint density at radius 1 is 1.64 bits per heavy atom. The van der Waals surface area contributed by atoms with Crippen LogP contribution in [0.5, 0.6) is 0 Å². The van der Waals surface area contributed by atoms with E-state index < -0.39 is 0 Å². The van der Waals surface area contributed by atoms with Crippen LogP contribution in [0.25, 0.3) is 0 Å². The van der Waals surface area contributed by atoms with Crippen molar-refractivity contribution < 1.29 is 0 Å². The molecule has 5 heteroatoms. The highest BCUT2D eigenvalue weighted by Crippen LogP contribution is 2.31. The smallest absolute Gasteiger partial charge is 0.0979 e. The summed E-state index contributed by atoms with van der Waals surface area (Å²) in [5, 5.41) is 11.9. The van der Waals surface area contributed by atoms with Gasteiger partial charge in [0.15, 0.2) is 0 Å². The summed E-state index contributed by atoms with van der Waals surface area (Å²) >= 11 is 7.62. The average Bonchev–Trinajstić information content (AvgIpc) is 2.80. The maximum absolute atomic E-state index is 6.08. The molecule has 0 aromatic carbocycles. The van der Waals surface area contributed by atoms with Crippen LogP contribution in [0.15, 0.2) is 23.8 Å². The lowest BCUT2D eigenvalue weighted by atomic mass is 10.1. The average molecular weight is 228 g/mol. The number of rotatable bonds is 3. The molecule has 2 aromatic heterocycles. The number of nitrogens with zero attached hydrogens (tertiary/aromatic N) is 1. The van der Waals surface area contributed by atoms with Gasteiger partial charge in [-0.2, -0.15) is 5.10 Å². The van der Waals surface area contributed by atoms with Gasteiger partial charge in [0.25, 0.3) is 0 Å². The third-order valence-corrected chi connectivity index (χ3v) is 3.30. The van der Waals surface area contributed by atoms with Crippen LogP contribution in [-0.2, 0) is 0 Å². The second kappa shape index (κ2) is 4.13. The van der Waals surface area contributed by atoms with E-state index in [9.17, 15) is 0 Å². The quantitative estimate of drug-likeness (QED) is 0.846. The van der Waals surface area contributed by atoms with Crippen molar-refractivity contribution in [2.75, 3.05) is 7.05 Å². The van der Waals surface area contributed by atoms with Crippen molar-refractivity contribution in [1.29, 1.82) is 0 Å². The molecule has 1 atom stereocenters. The SMILES string of the molecule is CNC(c1cn[nH]c1)c1ccsc1Cl. The Hall–Kier alpha value is -0.840. The van der Waals surface area contributed by atoms with Gasteiger partial charge in [0.05, 0.1) is 16.6 Å². The summed E-state index contributed by atoms with van der Waals surface area (Å²) in [6, 6.07) is 2.15. The molecule has 0 fully saturated rings. The van der Waals surface area contributed by atoms with Crippen LogP contribution in [-0.4, -0.2) is 17.2 Å². The number of hydrogen-bond donors (Lipinski definition) is 2. The van der Waals surface area contributed by atoms with Crippen LogP contribution in [0.3, 0.4) is 0 Å². The molecule has 0 saturated heterocycles. The van der Waals surface area contributed by atoms with Crippen molar-refractivity contribution in [2.45, 2.75) is 6.04 Å².